The first-order valence-corrected chi connectivity index (χ1v) is 9.21. The number of nitrogens with one attached hydrogen (secondary N) is 1. The van der Waals surface area contributed by atoms with Crippen LogP contribution in [0.1, 0.15) is 20.9 Å². The molecule has 0 unspecified atom stereocenters. The van der Waals surface area contributed by atoms with Crippen LogP contribution in [0.2, 0.25) is 0 Å². The minimum absolute atomic E-state index is 0.221. The number of fused-ring (bicyclic) bond motifs is 1. The van der Waals surface area contributed by atoms with Gasteiger partial charge in [-0.2, -0.15) is 5.26 Å². The van der Waals surface area contributed by atoms with Crippen LogP contribution in [0.25, 0.3) is 21.6 Å². The molecule has 3 aromatic heterocycles. The molecular formula is C20H14N6OS. The molecule has 8 heteroatoms. The Labute approximate surface area is 164 Å². The Morgan fingerprint density at radius 3 is 2.86 bits per heavy atom. The molecule has 1 amide bonds. The zero-order chi connectivity index (χ0) is 19.5. The van der Waals surface area contributed by atoms with Gasteiger partial charge in [-0.1, -0.05) is 18.2 Å². The summed E-state index contributed by atoms with van der Waals surface area (Å²) in [4.78, 5) is 26.6. The summed E-state index contributed by atoms with van der Waals surface area (Å²) in [7, 11) is 0. The highest BCUT2D eigenvalue weighted by molar-refractivity contribution is 7.20. The molecule has 0 bridgehead atoms. The lowest BCUT2D eigenvalue weighted by molar-refractivity contribution is 0.0954. The average molecular weight is 386 g/mol. The first-order chi connectivity index (χ1) is 13.6. The Kier molecular flexibility index (Phi) is 4.66. The van der Waals surface area contributed by atoms with Crippen LogP contribution in [0, 0.1) is 11.3 Å². The molecule has 0 aliphatic carbocycles. The summed E-state index contributed by atoms with van der Waals surface area (Å²) in [5, 5.41) is 12.5. The number of thiophene rings is 1. The topological polar surface area (TPSA) is 118 Å². The zero-order valence-corrected chi connectivity index (χ0v) is 15.4. The van der Waals surface area contributed by atoms with Gasteiger partial charge in [0.15, 0.2) is 5.82 Å². The lowest BCUT2D eigenvalue weighted by Crippen LogP contribution is -2.22. The number of benzene rings is 1. The lowest BCUT2D eigenvalue weighted by atomic mass is 10.1. The van der Waals surface area contributed by atoms with E-state index in [1.54, 1.807) is 30.5 Å². The van der Waals surface area contributed by atoms with Gasteiger partial charge in [-0.05, 0) is 30.3 Å². The first kappa shape index (κ1) is 17.6. The van der Waals surface area contributed by atoms with Gasteiger partial charge in [0.05, 0.1) is 34.1 Å². The van der Waals surface area contributed by atoms with Gasteiger partial charge in [-0.15, -0.1) is 11.3 Å². The monoisotopic (exact) mass is 386 g/mol. The summed E-state index contributed by atoms with van der Waals surface area (Å²) in [5.74, 6) is 0.493. The Morgan fingerprint density at radius 1 is 1.18 bits per heavy atom. The molecule has 0 spiro atoms. The summed E-state index contributed by atoms with van der Waals surface area (Å²) in [5.41, 5.74) is 8.08. The number of nitrogens with two attached hydrogens (primary N) is 1. The van der Waals surface area contributed by atoms with Gasteiger partial charge in [0, 0.05) is 11.8 Å². The molecule has 0 saturated carbocycles. The maximum absolute atomic E-state index is 12.5. The third-order valence-electron chi connectivity index (χ3n) is 4.05. The van der Waals surface area contributed by atoms with Crippen molar-refractivity contribution in [2.45, 2.75) is 6.54 Å². The van der Waals surface area contributed by atoms with Crippen LogP contribution in [0.3, 0.4) is 0 Å². The largest absolute Gasteiger partial charge is 0.383 e. The Bertz CT molecular complexity index is 1210. The van der Waals surface area contributed by atoms with Crippen LogP contribution in [0.4, 0.5) is 5.82 Å². The minimum Gasteiger partial charge on any atom is -0.383 e. The van der Waals surface area contributed by atoms with E-state index in [2.05, 4.69) is 26.3 Å². The fourth-order valence-electron chi connectivity index (χ4n) is 2.67. The van der Waals surface area contributed by atoms with E-state index in [-0.39, 0.29) is 5.91 Å². The summed E-state index contributed by atoms with van der Waals surface area (Å²) in [6.45, 7) is 0.335. The van der Waals surface area contributed by atoms with Crippen molar-refractivity contribution >= 4 is 33.3 Å². The zero-order valence-electron chi connectivity index (χ0n) is 14.6. The molecule has 0 saturated heterocycles. The number of nitrogen functional groups attached to an aromatic ring is 1. The van der Waals surface area contributed by atoms with Gasteiger partial charge >= 0.3 is 0 Å². The molecular weight excluding hydrogens is 372 g/mol. The van der Waals surface area contributed by atoms with E-state index in [0.29, 0.717) is 44.4 Å². The maximum atomic E-state index is 12.5. The first-order valence-electron chi connectivity index (χ1n) is 8.40. The van der Waals surface area contributed by atoms with Crippen LogP contribution < -0.4 is 11.1 Å². The fraction of sp³-hybridized carbons (Fsp3) is 0.0500. The van der Waals surface area contributed by atoms with Crippen LogP contribution in [0.5, 0.6) is 0 Å². The van der Waals surface area contributed by atoms with E-state index in [1.165, 1.54) is 11.3 Å². The second kappa shape index (κ2) is 7.42. The van der Waals surface area contributed by atoms with Crippen LogP contribution in [0.15, 0.2) is 54.7 Å². The van der Waals surface area contributed by atoms with E-state index in [1.807, 2.05) is 24.3 Å². The number of hydrogen-bond acceptors (Lipinski definition) is 7. The van der Waals surface area contributed by atoms with Crippen molar-refractivity contribution in [3.8, 4) is 17.5 Å². The standard InChI is InChI=1S/C20H14N6OS/c21-10-12-4-3-5-13(8-12)18-25-17(22)15-9-16(28-20(15)26-18)19(27)24-11-14-6-1-2-7-23-14/h1-9H,11H2,(H,24,27)(H2,22,25,26). The van der Waals surface area contributed by atoms with Crippen LogP contribution in [-0.4, -0.2) is 20.9 Å². The number of amides is 1. The van der Waals surface area contributed by atoms with Crippen molar-refractivity contribution < 1.29 is 4.79 Å². The molecule has 4 aromatic rings. The SMILES string of the molecule is N#Cc1cccc(-c2nc(N)c3cc(C(=O)NCc4ccccn4)sc3n2)c1. The third-order valence-corrected chi connectivity index (χ3v) is 5.08. The van der Waals surface area contributed by atoms with E-state index >= 15 is 0 Å². The summed E-state index contributed by atoms with van der Waals surface area (Å²) < 4.78 is 0. The van der Waals surface area contributed by atoms with Gasteiger partial charge < -0.3 is 11.1 Å². The highest BCUT2D eigenvalue weighted by atomic mass is 32.1. The molecule has 0 fully saturated rings. The van der Waals surface area contributed by atoms with Crippen LogP contribution >= 0.6 is 11.3 Å². The van der Waals surface area contributed by atoms with Crippen molar-refractivity contribution in [3.63, 3.8) is 0 Å². The Balaban J connectivity index is 1.62. The fourth-order valence-corrected chi connectivity index (χ4v) is 3.63. The van der Waals surface area contributed by atoms with E-state index in [0.717, 1.165) is 5.69 Å². The van der Waals surface area contributed by atoms with Crippen LogP contribution in [-0.2, 0) is 6.54 Å². The molecule has 0 aliphatic rings. The number of carbonyl (C=O) groups excluding carboxylic acids is 1. The number of nitriles is 1. The third kappa shape index (κ3) is 3.51. The predicted octanol–water partition coefficient (Wildman–Crippen LogP) is 3.14. The quantitative estimate of drug-likeness (QED) is 0.556. The average Bonchev–Trinajstić information content (AvgIpc) is 3.18. The van der Waals surface area contributed by atoms with Crippen molar-refractivity contribution in [1.82, 2.24) is 20.3 Å². The molecule has 3 N–H and O–H groups in total. The smallest absolute Gasteiger partial charge is 0.261 e. The summed E-state index contributed by atoms with van der Waals surface area (Å²) >= 11 is 1.24. The van der Waals surface area contributed by atoms with Gasteiger partial charge in [0.1, 0.15) is 10.6 Å². The number of carbonyl (C=O) groups is 1. The lowest BCUT2D eigenvalue weighted by Gasteiger charge is -2.02. The molecule has 3 heterocycles. The Morgan fingerprint density at radius 2 is 2.07 bits per heavy atom. The molecule has 28 heavy (non-hydrogen) atoms. The number of nitrogens with zero attached hydrogens (tertiary/aromatic N) is 4. The molecule has 0 aliphatic heterocycles. The van der Waals surface area contributed by atoms with Crippen molar-refractivity contribution in [2.24, 2.45) is 0 Å². The second-order valence-corrected chi connectivity index (χ2v) is 6.99. The van der Waals surface area contributed by atoms with Gasteiger partial charge in [0.25, 0.3) is 5.91 Å². The highest BCUT2D eigenvalue weighted by Crippen LogP contribution is 2.30. The molecule has 4 rings (SSSR count). The minimum atomic E-state index is -0.221. The number of aromatic nitrogens is 3. The Hall–Kier alpha value is -3.83. The number of hydrogen-bond donors (Lipinski definition) is 2. The molecule has 136 valence electrons. The predicted molar refractivity (Wildman–Crippen MR) is 107 cm³/mol. The van der Waals surface area contributed by atoms with Gasteiger partial charge in [-0.3, -0.25) is 9.78 Å². The molecule has 0 radical (unpaired) electrons. The summed E-state index contributed by atoms with van der Waals surface area (Å²) in [6, 6.07) is 16.3. The van der Waals surface area contributed by atoms with E-state index in [4.69, 9.17) is 11.0 Å². The van der Waals surface area contributed by atoms with Gasteiger partial charge in [-0.25, -0.2) is 9.97 Å². The number of anilines is 1. The van der Waals surface area contributed by atoms with Crippen molar-refractivity contribution in [1.29, 1.82) is 5.26 Å². The molecule has 7 nitrogen and oxygen atoms in total. The number of pyridine rings is 1. The number of rotatable bonds is 4. The maximum Gasteiger partial charge on any atom is 0.261 e. The highest BCUT2D eigenvalue weighted by Gasteiger charge is 2.15. The van der Waals surface area contributed by atoms with E-state index < -0.39 is 0 Å². The second-order valence-electron chi connectivity index (χ2n) is 5.96. The summed E-state index contributed by atoms with van der Waals surface area (Å²) in [6.07, 6.45) is 1.68. The van der Waals surface area contributed by atoms with Crippen molar-refractivity contribution in [2.75, 3.05) is 5.73 Å². The molecule has 1 aromatic carbocycles. The van der Waals surface area contributed by atoms with Crippen molar-refractivity contribution in [3.05, 3.63) is 70.9 Å². The molecule has 0 atom stereocenters. The normalized spacial score (nSPS) is 10.5. The van der Waals surface area contributed by atoms with E-state index in [9.17, 15) is 4.79 Å². The van der Waals surface area contributed by atoms with Gasteiger partial charge in [0.2, 0.25) is 0 Å².